The van der Waals surface area contributed by atoms with Gasteiger partial charge >= 0.3 is 5.97 Å². The number of benzene rings is 1. The Balaban J connectivity index is 3.04. The smallest absolute Gasteiger partial charge is 0.326 e. The quantitative estimate of drug-likeness (QED) is 0.905. The van der Waals surface area contributed by atoms with E-state index in [9.17, 15) is 4.79 Å². The third kappa shape index (κ3) is 2.80. The van der Waals surface area contributed by atoms with Crippen LogP contribution in [0.25, 0.3) is 0 Å². The highest BCUT2D eigenvalue weighted by molar-refractivity contribution is 6.42. The lowest BCUT2D eigenvalue weighted by atomic mass is 10.2. The van der Waals surface area contributed by atoms with E-state index in [4.69, 9.17) is 28.3 Å². The number of carboxylic acids is 1. The van der Waals surface area contributed by atoms with Crippen LogP contribution in [0.15, 0.2) is 18.2 Å². The number of carboxylic acid groups (broad SMARTS) is 1. The fraction of sp³-hybridized carbons (Fsp3) is 0.364. The highest BCUT2D eigenvalue weighted by Crippen LogP contribution is 2.28. The number of nitrogens with zero attached hydrogens (tertiary/aromatic N) is 1. The van der Waals surface area contributed by atoms with E-state index in [0.29, 0.717) is 16.6 Å². The molecule has 1 aromatic carbocycles. The maximum Gasteiger partial charge on any atom is 0.326 e. The molecule has 0 aromatic heterocycles. The van der Waals surface area contributed by atoms with Crippen LogP contribution in [0.2, 0.25) is 10.0 Å². The first-order valence-electron chi connectivity index (χ1n) is 4.91. The van der Waals surface area contributed by atoms with E-state index in [2.05, 4.69) is 0 Å². The standard InChI is InChI=1S/C11H13Cl2NO2/c1-3-14(7(2)11(15)16)8-4-5-9(12)10(13)6-8/h4-7H,3H2,1-2H3,(H,15,16). The van der Waals surface area contributed by atoms with E-state index in [1.54, 1.807) is 30.0 Å². The number of anilines is 1. The lowest BCUT2D eigenvalue weighted by Gasteiger charge is -2.27. The van der Waals surface area contributed by atoms with E-state index in [0.717, 1.165) is 5.69 Å². The van der Waals surface area contributed by atoms with Gasteiger partial charge in [-0.25, -0.2) is 4.79 Å². The minimum absolute atomic E-state index is 0.426. The lowest BCUT2D eigenvalue weighted by Crippen LogP contribution is -2.38. The minimum atomic E-state index is -0.868. The van der Waals surface area contributed by atoms with E-state index in [1.165, 1.54) is 0 Å². The van der Waals surface area contributed by atoms with Gasteiger partial charge in [0.15, 0.2) is 0 Å². The number of carbonyl (C=O) groups is 1. The van der Waals surface area contributed by atoms with Crippen molar-refractivity contribution in [3.05, 3.63) is 28.2 Å². The average Bonchev–Trinajstić information content (AvgIpc) is 2.24. The van der Waals surface area contributed by atoms with Gasteiger partial charge in [0.1, 0.15) is 6.04 Å². The maximum absolute atomic E-state index is 10.9. The first-order chi connectivity index (χ1) is 7.47. The normalized spacial score (nSPS) is 12.2. The summed E-state index contributed by atoms with van der Waals surface area (Å²) in [5, 5.41) is 9.86. The minimum Gasteiger partial charge on any atom is -0.480 e. The summed E-state index contributed by atoms with van der Waals surface area (Å²) in [6.07, 6.45) is 0. The molecule has 0 aliphatic rings. The second-order valence-electron chi connectivity index (χ2n) is 3.40. The predicted octanol–water partition coefficient (Wildman–Crippen LogP) is 3.29. The second-order valence-corrected chi connectivity index (χ2v) is 4.21. The summed E-state index contributed by atoms with van der Waals surface area (Å²) in [6.45, 7) is 4.11. The second kappa shape index (κ2) is 5.41. The van der Waals surface area contributed by atoms with Gasteiger partial charge < -0.3 is 10.0 Å². The van der Waals surface area contributed by atoms with Gasteiger partial charge in [-0.15, -0.1) is 0 Å². The third-order valence-electron chi connectivity index (χ3n) is 2.40. The predicted molar refractivity (Wildman–Crippen MR) is 66.6 cm³/mol. The molecule has 0 aliphatic carbocycles. The summed E-state index contributed by atoms with van der Waals surface area (Å²) in [5.41, 5.74) is 0.756. The molecule has 88 valence electrons. The van der Waals surface area contributed by atoms with Crippen molar-refractivity contribution in [1.29, 1.82) is 0 Å². The van der Waals surface area contributed by atoms with Crippen molar-refractivity contribution in [2.45, 2.75) is 19.9 Å². The largest absolute Gasteiger partial charge is 0.480 e. The first kappa shape index (κ1) is 13.1. The molecular weight excluding hydrogens is 249 g/mol. The number of likely N-dealkylation sites (N-methyl/N-ethyl adjacent to an activating group) is 1. The van der Waals surface area contributed by atoms with Crippen LogP contribution in [-0.2, 0) is 4.79 Å². The molecule has 0 radical (unpaired) electrons. The maximum atomic E-state index is 10.9. The van der Waals surface area contributed by atoms with Gasteiger partial charge in [0.05, 0.1) is 10.0 Å². The molecule has 1 aromatic rings. The molecule has 0 heterocycles. The molecule has 3 nitrogen and oxygen atoms in total. The molecule has 5 heteroatoms. The Morgan fingerprint density at radius 1 is 1.44 bits per heavy atom. The number of halogens is 2. The number of aliphatic carboxylic acids is 1. The summed E-state index contributed by atoms with van der Waals surface area (Å²) in [5.74, 6) is -0.868. The van der Waals surface area contributed by atoms with Crippen molar-refractivity contribution in [3.8, 4) is 0 Å². The summed E-state index contributed by atoms with van der Waals surface area (Å²) >= 11 is 11.7. The Bertz CT molecular complexity index is 396. The lowest BCUT2D eigenvalue weighted by molar-refractivity contribution is -0.138. The average molecular weight is 262 g/mol. The zero-order valence-corrected chi connectivity index (χ0v) is 10.6. The summed E-state index contributed by atoms with van der Waals surface area (Å²) in [6, 6.07) is 4.50. The van der Waals surface area contributed by atoms with Gasteiger partial charge in [0.25, 0.3) is 0 Å². The van der Waals surface area contributed by atoms with Crippen molar-refractivity contribution in [2.24, 2.45) is 0 Å². The molecule has 0 spiro atoms. The van der Waals surface area contributed by atoms with Gasteiger partial charge in [0, 0.05) is 12.2 Å². The van der Waals surface area contributed by atoms with Gasteiger partial charge in [-0.3, -0.25) is 0 Å². The van der Waals surface area contributed by atoms with Crippen LogP contribution in [0, 0.1) is 0 Å². The van der Waals surface area contributed by atoms with Gasteiger partial charge in [-0.05, 0) is 32.0 Å². The van der Waals surface area contributed by atoms with Gasteiger partial charge in [-0.2, -0.15) is 0 Å². The van der Waals surface area contributed by atoms with Crippen LogP contribution in [0.1, 0.15) is 13.8 Å². The molecule has 1 rings (SSSR count). The number of hydrogen-bond donors (Lipinski definition) is 1. The fourth-order valence-electron chi connectivity index (χ4n) is 1.48. The SMILES string of the molecule is CCN(c1ccc(Cl)c(Cl)c1)C(C)C(=O)O. The molecule has 0 amide bonds. The molecule has 1 N–H and O–H groups in total. The zero-order valence-electron chi connectivity index (χ0n) is 9.08. The number of hydrogen-bond acceptors (Lipinski definition) is 2. The van der Waals surface area contributed by atoms with E-state index < -0.39 is 12.0 Å². The van der Waals surface area contributed by atoms with Gasteiger partial charge in [-0.1, -0.05) is 23.2 Å². The Hall–Kier alpha value is -0.930. The van der Waals surface area contributed by atoms with Crippen molar-refractivity contribution < 1.29 is 9.90 Å². The Morgan fingerprint density at radius 2 is 2.06 bits per heavy atom. The Morgan fingerprint density at radius 3 is 2.50 bits per heavy atom. The van der Waals surface area contributed by atoms with E-state index in [-0.39, 0.29) is 0 Å². The Labute approximate surface area is 105 Å². The van der Waals surface area contributed by atoms with Crippen molar-refractivity contribution in [1.82, 2.24) is 0 Å². The topological polar surface area (TPSA) is 40.5 Å². The molecule has 0 aliphatic heterocycles. The molecule has 0 saturated heterocycles. The van der Waals surface area contributed by atoms with E-state index in [1.807, 2.05) is 6.92 Å². The first-order valence-corrected chi connectivity index (χ1v) is 5.67. The summed E-state index contributed by atoms with van der Waals surface area (Å²) in [4.78, 5) is 12.7. The molecule has 0 fully saturated rings. The zero-order chi connectivity index (χ0) is 12.3. The summed E-state index contributed by atoms with van der Waals surface area (Å²) < 4.78 is 0. The fourth-order valence-corrected chi connectivity index (χ4v) is 1.77. The monoisotopic (exact) mass is 261 g/mol. The molecule has 0 bridgehead atoms. The Kier molecular flexibility index (Phi) is 4.44. The van der Waals surface area contributed by atoms with Gasteiger partial charge in [0.2, 0.25) is 0 Å². The molecule has 1 atom stereocenters. The molecule has 0 saturated carbocycles. The molecule has 1 unspecified atom stereocenters. The highest BCUT2D eigenvalue weighted by atomic mass is 35.5. The van der Waals surface area contributed by atoms with Crippen molar-refractivity contribution >= 4 is 34.9 Å². The summed E-state index contributed by atoms with van der Waals surface area (Å²) in [7, 11) is 0. The van der Waals surface area contributed by atoms with Crippen LogP contribution in [0.3, 0.4) is 0 Å². The van der Waals surface area contributed by atoms with Crippen LogP contribution in [-0.4, -0.2) is 23.7 Å². The highest BCUT2D eigenvalue weighted by Gasteiger charge is 2.19. The third-order valence-corrected chi connectivity index (χ3v) is 3.14. The van der Waals surface area contributed by atoms with Crippen molar-refractivity contribution in [2.75, 3.05) is 11.4 Å². The van der Waals surface area contributed by atoms with Crippen LogP contribution >= 0.6 is 23.2 Å². The van der Waals surface area contributed by atoms with Crippen LogP contribution in [0.5, 0.6) is 0 Å². The van der Waals surface area contributed by atoms with E-state index >= 15 is 0 Å². The number of rotatable bonds is 4. The molecule has 16 heavy (non-hydrogen) atoms. The molecular formula is C11H13Cl2NO2. The van der Waals surface area contributed by atoms with Crippen LogP contribution in [0.4, 0.5) is 5.69 Å². The van der Waals surface area contributed by atoms with Crippen molar-refractivity contribution in [3.63, 3.8) is 0 Å². The van der Waals surface area contributed by atoms with Crippen LogP contribution < -0.4 is 4.90 Å².